The Kier molecular flexibility index (Phi) is 3.60. The minimum Gasteiger partial charge on any atom is -0.377 e. The van der Waals surface area contributed by atoms with E-state index in [-0.39, 0.29) is 6.10 Å². The molecule has 0 radical (unpaired) electrons. The fourth-order valence-corrected chi connectivity index (χ4v) is 1.83. The average molecular weight is 227 g/mol. The van der Waals surface area contributed by atoms with E-state index in [1.165, 1.54) is 5.39 Å². The smallest absolute Gasteiger partial charge is 0.0877 e. The first-order chi connectivity index (χ1) is 8.35. The summed E-state index contributed by atoms with van der Waals surface area (Å²) in [5, 5.41) is 5.90. The standard InChI is InChI=1S/C13H13N3O/c1-17-13(9-15-16-14)12-7-6-10-4-2-3-5-11(10)8-12/h2-8,13H,9H2,1H3. The van der Waals surface area contributed by atoms with E-state index in [9.17, 15) is 0 Å². The van der Waals surface area contributed by atoms with Gasteiger partial charge in [-0.25, -0.2) is 0 Å². The lowest BCUT2D eigenvalue weighted by atomic mass is 10.0. The summed E-state index contributed by atoms with van der Waals surface area (Å²) in [6, 6.07) is 14.2. The summed E-state index contributed by atoms with van der Waals surface area (Å²) >= 11 is 0. The van der Waals surface area contributed by atoms with E-state index in [1.54, 1.807) is 7.11 Å². The molecule has 1 atom stereocenters. The summed E-state index contributed by atoms with van der Waals surface area (Å²) < 4.78 is 5.32. The summed E-state index contributed by atoms with van der Waals surface area (Å²) in [7, 11) is 1.62. The maximum atomic E-state index is 8.33. The van der Waals surface area contributed by atoms with Gasteiger partial charge in [-0.05, 0) is 27.9 Å². The molecule has 0 heterocycles. The largest absolute Gasteiger partial charge is 0.377 e. The Morgan fingerprint density at radius 3 is 2.71 bits per heavy atom. The number of hydrogen-bond acceptors (Lipinski definition) is 2. The lowest BCUT2D eigenvalue weighted by Gasteiger charge is -2.13. The van der Waals surface area contributed by atoms with Crippen LogP contribution in [0.5, 0.6) is 0 Å². The van der Waals surface area contributed by atoms with E-state index >= 15 is 0 Å². The molecule has 0 N–H and O–H groups in total. The molecular weight excluding hydrogens is 214 g/mol. The monoisotopic (exact) mass is 227 g/mol. The highest BCUT2D eigenvalue weighted by Gasteiger charge is 2.09. The van der Waals surface area contributed by atoms with Gasteiger partial charge in [-0.1, -0.05) is 41.5 Å². The average Bonchev–Trinajstić information content (AvgIpc) is 2.39. The van der Waals surface area contributed by atoms with Crippen LogP contribution in [0.25, 0.3) is 21.2 Å². The Morgan fingerprint density at radius 2 is 2.00 bits per heavy atom. The van der Waals surface area contributed by atoms with E-state index in [0.29, 0.717) is 6.54 Å². The maximum Gasteiger partial charge on any atom is 0.0877 e. The van der Waals surface area contributed by atoms with Gasteiger partial charge in [-0.2, -0.15) is 0 Å². The molecule has 0 saturated carbocycles. The Balaban J connectivity index is 2.36. The van der Waals surface area contributed by atoms with Gasteiger partial charge in [0.2, 0.25) is 0 Å². The Labute approximate surface area is 99.5 Å². The van der Waals surface area contributed by atoms with E-state index in [1.807, 2.05) is 24.3 Å². The minimum absolute atomic E-state index is 0.185. The van der Waals surface area contributed by atoms with Crippen molar-refractivity contribution >= 4 is 10.8 Å². The van der Waals surface area contributed by atoms with Crippen molar-refractivity contribution in [2.75, 3.05) is 13.7 Å². The molecule has 0 aromatic heterocycles. The molecule has 4 heteroatoms. The van der Waals surface area contributed by atoms with Gasteiger partial charge >= 0.3 is 0 Å². The first-order valence-electron chi connectivity index (χ1n) is 5.37. The molecule has 2 aromatic rings. The Hall–Kier alpha value is -2.03. The van der Waals surface area contributed by atoms with Crippen molar-refractivity contribution in [1.82, 2.24) is 0 Å². The number of benzene rings is 2. The maximum absolute atomic E-state index is 8.33. The van der Waals surface area contributed by atoms with Crippen molar-refractivity contribution in [2.24, 2.45) is 5.11 Å². The number of hydrogen-bond donors (Lipinski definition) is 0. The number of methoxy groups -OCH3 is 1. The van der Waals surface area contributed by atoms with Crippen LogP contribution < -0.4 is 0 Å². The second-order valence-electron chi connectivity index (χ2n) is 3.74. The molecule has 2 aromatic carbocycles. The quantitative estimate of drug-likeness (QED) is 0.444. The molecule has 0 fully saturated rings. The van der Waals surface area contributed by atoms with Gasteiger partial charge in [0.05, 0.1) is 12.6 Å². The first kappa shape index (κ1) is 11.5. The molecular formula is C13H13N3O. The van der Waals surface area contributed by atoms with Crippen LogP contribution in [-0.2, 0) is 4.74 Å². The zero-order valence-electron chi connectivity index (χ0n) is 9.58. The van der Waals surface area contributed by atoms with Crippen LogP contribution in [0.2, 0.25) is 0 Å². The molecule has 86 valence electrons. The van der Waals surface area contributed by atoms with Gasteiger partial charge in [0, 0.05) is 12.0 Å². The number of fused-ring (bicyclic) bond motifs is 1. The lowest BCUT2D eigenvalue weighted by Crippen LogP contribution is -2.04. The van der Waals surface area contributed by atoms with Crippen LogP contribution in [0.1, 0.15) is 11.7 Å². The Morgan fingerprint density at radius 1 is 1.24 bits per heavy atom. The zero-order chi connectivity index (χ0) is 12.1. The zero-order valence-corrected chi connectivity index (χ0v) is 9.58. The molecule has 0 aliphatic rings. The van der Waals surface area contributed by atoms with Crippen molar-refractivity contribution < 1.29 is 4.74 Å². The number of azide groups is 1. The second kappa shape index (κ2) is 5.34. The van der Waals surface area contributed by atoms with Gasteiger partial charge in [-0.3, -0.25) is 0 Å². The van der Waals surface area contributed by atoms with Crippen molar-refractivity contribution in [3.63, 3.8) is 0 Å². The van der Waals surface area contributed by atoms with Crippen LogP contribution in [0.15, 0.2) is 47.6 Å². The van der Waals surface area contributed by atoms with Gasteiger partial charge in [0.1, 0.15) is 0 Å². The molecule has 0 spiro atoms. The molecule has 4 nitrogen and oxygen atoms in total. The lowest BCUT2D eigenvalue weighted by molar-refractivity contribution is 0.110. The normalized spacial score (nSPS) is 12.1. The molecule has 0 aliphatic carbocycles. The van der Waals surface area contributed by atoms with Gasteiger partial charge < -0.3 is 4.74 Å². The molecule has 0 bridgehead atoms. The SMILES string of the molecule is COC(CN=[N+]=[N-])c1ccc2ccccc2c1. The summed E-state index contributed by atoms with van der Waals surface area (Å²) in [4.78, 5) is 2.76. The highest BCUT2D eigenvalue weighted by molar-refractivity contribution is 5.83. The summed E-state index contributed by atoms with van der Waals surface area (Å²) in [5.74, 6) is 0. The fraction of sp³-hybridized carbons (Fsp3) is 0.231. The summed E-state index contributed by atoms with van der Waals surface area (Å²) in [5.41, 5.74) is 9.36. The Bertz CT molecular complexity index is 561. The molecule has 0 saturated heterocycles. The third kappa shape index (κ3) is 2.56. The predicted molar refractivity (Wildman–Crippen MR) is 67.7 cm³/mol. The van der Waals surface area contributed by atoms with Crippen molar-refractivity contribution in [2.45, 2.75) is 6.10 Å². The third-order valence-electron chi connectivity index (χ3n) is 2.74. The van der Waals surface area contributed by atoms with E-state index < -0.39 is 0 Å². The van der Waals surface area contributed by atoms with Gasteiger partial charge in [0.15, 0.2) is 0 Å². The van der Waals surface area contributed by atoms with E-state index in [4.69, 9.17) is 10.3 Å². The highest BCUT2D eigenvalue weighted by atomic mass is 16.5. The van der Waals surface area contributed by atoms with Crippen LogP contribution >= 0.6 is 0 Å². The van der Waals surface area contributed by atoms with Crippen LogP contribution in [0.3, 0.4) is 0 Å². The highest BCUT2D eigenvalue weighted by Crippen LogP contribution is 2.22. The molecule has 0 aliphatic heterocycles. The first-order valence-corrected chi connectivity index (χ1v) is 5.37. The van der Waals surface area contributed by atoms with Crippen molar-refractivity contribution in [1.29, 1.82) is 0 Å². The molecule has 1 unspecified atom stereocenters. The topological polar surface area (TPSA) is 58.0 Å². The number of rotatable bonds is 4. The predicted octanol–water partition coefficient (Wildman–Crippen LogP) is 3.84. The van der Waals surface area contributed by atoms with Crippen LogP contribution in [0, 0.1) is 0 Å². The molecule has 2 rings (SSSR count). The second-order valence-corrected chi connectivity index (χ2v) is 3.74. The number of nitrogens with zero attached hydrogens (tertiary/aromatic N) is 3. The van der Waals surface area contributed by atoms with Crippen LogP contribution in [-0.4, -0.2) is 13.7 Å². The summed E-state index contributed by atoms with van der Waals surface area (Å²) in [6.07, 6.45) is -0.185. The van der Waals surface area contributed by atoms with E-state index in [2.05, 4.69) is 28.2 Å². The fourth-order valence-electron chi connectivity index (χ4n) is 1.83. The van der Waals surface area contributed by atoms with E-state index in [0.717, 1.165) is 10.9 Å². The van der Waals surface area contributed by atoms with Crippen molar-refractivity contribution in [3.05, 3.63) is 58.5 Å². The summed E-state index contributed by atoms with van der Waals surface area (Å²) in [6.45, 7) is 0.311. The molecule has 0 amide bonds. The minimum atomic E-state index is -0.185. The van der Waals surface area contributed by atoms with Crippen molar-refractivity contribution in [3.8, 4) is 0 Å². The molecule has 17 heavy (non-hydrogen) atoms. The van der Waals surface area contributed by atoms with Gasteiger partial charge in [0.25, 0.3) is 0 Å². The van der Waals surface area contributed by atoms with Gasteiger partial charge in [-0.15, -0.1) is 0 Å². The number of ether oxygens (including phenoxy) is 1. The van der Waals surface area contributed by atoms with Crippen LogP contribution in [0.4, 0.5) is 0 Å². The third-order valence-corrected chi connectivity index (χ3v) is 2.74.